The molecule has 0 aliphatic rings. The molecule has 3 atom stereocenters. The summed E-state index contributed by atoms with van der Waals surface area (Å²) in [4.78, 5) is 92.2. The van der Waals surface area contributed by atoms with E-state index in [9.17, 15) is 38.4 Å². The van der Waals surface area contributed by atoms with Gasteiger partial charge in [0, 0.05) is 0 Å². The average molecular weight is 474 g/mol. The standard InChI is InChI=1S/C16H26N8O9/c17-6(1-9(18)25)14(31)23-8(3-11(20)27)16(33)24-7(2-10(19)26)15(32)22-4-12(28)21-5-13(29)30/h6-8H,1-5,17H2,(H2,18,25)(H2,19,26)(H2,20,27)(H,21,28)(H,22,32)(H,23,31)(H,24,33)(H,29,30)/t6-,7-,8-/m0/s1. The van der Waals surface area contributed by atoms with Crippen LogP contribution in [-0.2, 0) is 38.4 Å². The van der Waals surface area contributed by atoms with Gasteiger partial charge in [-0.25, -0.2) is 0 Å². The lowest BCUT2D eigenvalue weighted by Gasteiger charge is -2.23. The minimum absolute atomic E-state index is 0.562. The van der Waals surface area contributed by atoms with E-state index in [1.165, 1.54) is 0 Å². The number of carbonyl (C=O) groups is 8. The molecule has 0 saturated carbocycles. The van der Waals surface area contributed by atoms with Crippen LogP contribution in [0.5, 0.6) is 0 Å². The number of carboxylic acids is 1. The number of hydrogen-bond donors (Lipinski definition) is 9. The van der Waals surface area contributed by atoms with Gasteiger partial charge in [0.25, 0.3) is 0 Å². The first-order valence-corrected chi connectivity index (χ1v) is 9.20. The number of aliphatic carboxylic acids is 1. The van der Waals surface area contributed by atoms with Crippen molar-refractivity contribution in [3.8, 4) is 0 Å². The third kappa shape index (κ3) is 12.9. The van der Waals surface area contributed by atoms with E-state index in [2.05, 4.69) is 16.0 Å². The van der Waals surface area contributed by atoms with Gasteiger partial charge in [-0.05, 0) is 0 Å². The van der Waals surface area contributed by atoms with Crippen molar-refractivity contribution in [3.63, 3.8) is 0 Å². The lowest BCUT2D eigenvalue weighted by atomic mass is 10.1. The van der Waals surface area contributed by atoms with Crippen molar-refractivity contribution in [1.29, 1.82) is 0 Å². The van der Waals surface area contributed by atoms with Crippen molar-refractivity contribution >= 4 is 47.3 Å². The van der Waals surface area contributed by atoms with Crippen LogP contribution in [0.4, 0.5) is 0 Å². The second-order valence-electron chi connectivity index (χ2n) is 6.63. The zero-order valence-corrected chi connectivity index (χ0v) is 17.3. The number of amides is 7. The third-order valence-corrected chi connectivity index (χ3v) is 3.69. The predicted octanol–water partition coefficient (Wildman–Crippen LogP) is -6.77. The van der Waals surface area contributed by atoms with Crippen molar-refractivity contribution in [2.24, 2.45) is 22.9 Å². The second kappa shape index (κ2) is 13.9. The normalized spacial score (nSPS) is 12.9. The van der Waals surface area contributed by atoms with Crippen LogP contribution in [0.25, 0.3) is 0 Å². The first-order valence-electron chi connectivity index (χ1n) is 9.20. The molecule has 17 heteroatoms. The van der Waals surface area contributed by atoms with Crippen molar-refractivity contribution in [3.05, 3.63) is 0 Å². The maximum absolute atomic E-state index is 12.5. The molecule has 0 saturated heterocycles. The van der Waals surface area contributed by atoms with Crippen molar-refractivity contribution in [2.45, 2.75) is 37.4 Å². The van der Waals surface area contributed by atoms with E-state index >= 15 is 0 Å². The Kier molecular flexibility index (Phi) is 12.1. The molecule has 0 bridgehead atoms. The molecule has 13 N–H and O–H groups in total. The zero-order valence-electron chi connectivity index (χ0n) is 17.3. The van der Waals surface area contributed by atoms with Gasteiger partial charge in [0.15, 0.2) is 0 Å². The zero-order chi connectivity index (χ0) is 25.7. The van der Waals surface area contributed by atoms with Gasteiger partial charge in [-0.1, -0.05) is 0 Å². The van der Waals surface area contributed by atoms with Crippen molar-refractivity contribution in [1.82, 2.24) is 21.3 Å². The number of rotatable bonds is 15. The number of nitrogens with two attached hydrogens (primary N) is 4. The maximum atomic E-state index is 12.5. The van der Waals surface area contributed by atoms with Crippen LogP contribution in [0.15, 0.2) is 0 Å². The maximum Gasteiger partial charge on any atom is 0.322 e. The molecule has 0 aromatic heterocycles. The predicted molar refractivity (Wildman–Crippen MR) is 107 cm³/mol. The van der Waals surface area contributed by atoms with Gasteiger partial charge in [-0.3, -0.25) is 38.4 Å². The minimum atomic E-state index is -1.64. The lowest BCUT2D eigenvalue weighted by molar-refractivity contribution is -0.138. The van der Waals surface area contributed by atoms with Crippen LogP contribution in [0, 0.1) is 0 Å². The summed E-state index contributed by atoms with van der Waals surface area (Å²) in [5.74, 6) is -8.37. The Bertz CT molecular complexity index is 816. The van der Waals surface area contributed by atoms with E-state index in [-0.39, 0.29) is 0 Å². The highest BCUT2D eigenvalue weighted by Gasteiger charge is 2.30. The molecule has 0 aromatic rings. The second-order valence-corrected chi connectivity index (χ2v) is 6.63. The highest BCUT2D eigenvalue weighted by atomic mass is 16.4. The number of carboxylic acid groups (broad SMARTS) is 1. The van der Waals surface area contributed by atoms with E-state index in [0.29, 0.717) is 0 Å². The SMILES string of the molecule is NC(=O)C[C@H](NC(=O)[C@H](CC(N)=O)NC(=O)[C@@H](N)CC(N)=O)C(=O)NCC(=O)NCC(=O)O. The number of nitrogens with one attached hydrogen (secondary N) is 4. The molecule has 0 heterocycles. The van der Waals surface area contributed by atoms with Gasteiger partial charge in [-0.15, -0.1) is 0 Å². The van der Waals surface area contributed by atoms with Crippen LogP contribution in [0.3, 0.4) is 0 Å². The summed E-state index contributed by atoms with van der Waals surface area (Å²) in [6.45, 7) is -1.40. The summed E-state index contributed by atoms with van der Waals surface area (Å²) < 4.78 is 0. The number of hydrogen-bond acceptors (Lipinski definition) is 9. The molecule has 0 fully saturated rings. The monoisotopic (exact) mass is 474 g/mol. The van der Waals surface area contributed by atoms with Crippen molar-refractivity contribution < 1.29 is 43.5 Å². The molecular weight excluding hydrogens is 448 g/mol. The van der Waals surface area contributed by atoms with E-state index < -0.39 is 97.8 Å². The number of primary amides is 3. The Balaban J connectivity index is 5.27. The quantitative estimate of drug-likeness (QED) is 0.108. The molecular formula is C16H26N8O9. The molecule has 0 spiro atoms. The summed E-state index contributed by atoms with van der Waals surface area (Å²) in [6, 6.07) is -4.72. The first-order chi connectivity index (χ1) is 15.2. The van der Waals surface area contributed by atoms with Crippen LogP contribution in [0.2, 0.25) is 0 Å². The Morgan fingerprint density at radius 2 is 1.09 bits per heavy atom. The summed E-state index contributed by atoms with van der Waals surface area (Å²) >= 11 is 0. The van der Waals surface area contributed by atoms with Gasteiger partial charge in [-0.2, -0.15) is 0 Å². The van der Waals surface area contributed by atoms with Gasteiger partial charge >= 0.3 is 5.97 Å². The molecule has 184 valence electrons. The number of carbonyl (C=O) groups excluding carboxylic acids is 7. The Hall–Kier alpha value is -4.28. The van der Waals surface area contributed by atoms with Crippen molar-refractivity contribution in [2.75, 3.05) is 13.1 Å². The Morgan fingerprint density at radius 1 is 0.636 bits per heavy atom. The average Bonchev–Trinajstić information content (AvgIpc) is 2.67. The molecule has 0 aromatic carbocycles. The summed E-state index contributed by atoms with van der Waals surface area (Å²) in [5.41, 5.74) is 20.5. The fourth-order valence-corrected chi connectivity index (χ4v) is 2.21. The van der Waals surface area contributed by atoms with Gasteiger partial charge in [0.1, 0.15) is 18.6 Å². The summed E-state index contributed by atoms with van der Waals surface area (Å²) in [6.07, 6.45) is -2.02. The fraction of sp³-hybridized carbons (Fsp3) is 0.500. The molecule has 7 amide bonds. The lowest BCUT2D eigenvalue weighted by Crippen LogP contribution is -2.57. The molecule has 17 nitrogen and oxygen atoms in total. The van der Waals surface area contributed by atoms with E-state index in [1.807, 2.05) is 5.32 Å². The Morgan fingerprint density at radius 3 is 1.55 bits per heavy atom. The van der Waals surface area contributed by atoms with Gasteiger partial charge < -0.3 is 49.3 Å². The van der Waals surface area contributed by atoms with E-state index in [1.54, 1.807) is 0 Å². The molecule has 0 unspecified atom stereocenters. The smallest absolute Gasteiger partial charge is 0.322 e. The fourth-order valence-electron chi connectivity index (χ4n) is 2.21. The molecule has 0 aliphatic carbocycles. The van der Waals surface area contributed by atoms with Gasteiger partial charge in [0.05, 0.1) is 31.8 Å². The summed E-state index contributed by atoms with van der Waals surface area (Å²) in [7, 11) is 0. The first kappa shape index (κ1) is 28.7. The van der Waals surface area contributed by atoms with Crippen LogP contribution >= 0.6 is 0 Å². The minimum Gasteiger partial charge on any atom is -0.480 e. The summed E-state index contributed by atoms with van der Waals surface area (Å²) in [5, 5.41) is 16.7. The molecule has 0 aliphatic heterocycles. The third-order valence-electron chi connectivity index (χ3n) is 3.69. The van der Waals surface area contributed by atoms with Crippen LogP contribution < -0.4 is 44.2 Å². The topological polar surface area (TPSA) is 309 Å². The van der Waals surface area contributed by atoms with Crippen LogP contribution in [0.1, 0.15) is 19.3 Å². The van der Waals surface area contributed by atoms with E-state index in [0.717, 1.165) is 0 Å². The van der Waals surface area contributed by atoms with E-state index in [4.69, 9.17) is 28.0 Å². The van der Waals surface area contributed by atoms with Crippen LogP contribution in [-0.4, -0.2) is 83.6 Å². The highest BCUT2D eigenvalue weighted by molar-refractivity contribution is 5.98. The molecule has 33 heavy (non-hydrogen) atoms. The van der Waals surface area contributed by atoms with Gasteiger partial charge in [0.2, 0.25) is 41.4 Å². The molecule has 0 radical (unpaired) electrons. The Labute approximate surface area is 186 Å². The highest BCUT2D eigenvalue weighted by Crippen LogP contribution is 1.99. The molecule has 0 rings (SSSR count). The largest absolute Gasteiger partial charge is 0.480 e.